The maximum atomic E-state index is 14.1. The van der Waals surface area contributed by atoms with Crippen molar-refractivity contribution in [2.75, 3.05) is 24.3 Å². The summed E-state index contributed by atoms with van der Waals surface area (Å²) in [5, 5.41) is 5.57. The zero-order valence-corrected chi connectivity index (χ0v) is 17.4. The summed E-state index contributed by atoms with van der Waals surface area (Å²) in [6.45, 7) is 1.81. The lowest BCUT2D eigenvalue weighted by Crippen LogP contribution is -2.27. The highest BCUT2D eigenvalue weighted by Gasteiger charge is 2.14. The minimum Gasteiger partial charge on any atom is -0.375 e. The van der Waals surface area contributed by atoms with Crippen molar-refractivity contribution in [3.8, 4) is 0 Å². The van der Waals surface area contributed by atoms with Gasteiger partial charge in [-0.1, -0.05) is 12.1 Å². The van der Waals surface area contributed by atoms with Gasteiger partial charge >= 0.3 is 0 Å². The largest absolute Gasteiger partial charge is 0.375 e. The van der Waals surface area contributed by atoms with Crippen LogP contribution in [0.25, 0.3) is 0 Å². The van der Waals surface area contributed by atoms with Crippen LogP contribution in [-0.4, -0.2) is 25.9 Å². The number of carbonyl (C=O) groups excluding carboxylic acids is 2. The quantitative estimate of drug-likeness (QED) is 0.600. The van der Waals surface area contributed by atoms with Gasteiger partial charge in [0, 0.05) is 30.9 Å². The Morgan fingerprint density at radius 3 is 2.03 bits per heavy atom. The second-order valence-corrected chi connectivity index (χ2v) is 7.34. The highest BCUT2D eigenvalue weighted by atomic mass is 19.1. The molecule has 2 N–H and O–H groups in total. The third-order valence-electron chi connectivity index (χ3n) is 4.81. The molecule has 0 bridgehead atoms. The van der Waals surface area contributed by atoms with Crippen molar-refractivity contribution in [2.24, 2.45) is 0 Å². The van der Waals surface area contributed by atoms with E-state index in [-0.39, 0.29) is 23.4 Å². The first-order chi connectivity index (χ1) is 14.7. The summed E-state index contributed by atoms with van der Waals surface area (Å²) in [6.07, 6.45) is 0. The van der Waals surface area contributed by atoms with Gasteiger partial charge in [-0.05, 0) is 67.1 Å². The van der Waals surface area contributed by atoms with Gasteiger partial charge in [-0.2, -0.15) is 0 Å². The number of hydrogen-bond acceptors (Lipinski definition) is 3. The Labute approximate surface area is 179 Å². The van der Waals surface area contributed by atoms with Crippen molar-refractivity contribution in [3.05, 3.63) is 95.1 Å². The molecule has 5 nitrogen and oxygen atoms in total. The molecule has 1 atom stereocenters. The average molecular weight is 423 g/mol. The van der Waals surface area contributed by atoms with E-state index in [4.69, 9.17) is 0 Å². The molecule has 0 saturated heterocycles. The lowest BCUT2D eigenvalue weighted by Gasteiger charge is -2.17. The minimum absolute atomic E-state index is 0.234. The molecule has 1 unspecified atom stereocenters. The first-order valence-electron chi connectivity index (χ1n) is 9.69. The fraction of sp³-hybridized carbons (Fsp3) is 0.167. The molecule has 0 radical (unpaired) electrons. The molecule has 0 aliphatic heterocycles. The number of anilines is 2. The van der Waals surface area contributed by atoms with Crippen LogP contribution < -0.4 is 15.5 Å². The fourth-order valence-corrected chi connectivity index (χ4v) is 3.03. The molecular weight excluding hydrogens is 400 g/mol. The van der Waals surface area contributed by atoms with E-state index in [1.54, 1.807) is 55.4 Å². The number of amides is 2. The Bertz CT molecular complexity index is 1080. The summed E-state index contributed by atoms with van der Waals surface area (Å²) in [5.41, 5.74) is 2.37. The lowest BCUT2D eigenvalue weighted by molar-refractivity contribution is 0.0938. The van der Waals surface area contributed by atoms with Gasteiger partial charge in [0.1, 0.15) is 11.6 Å². The van der Waals surface area contributed by atoms with Gasteiger partial charge in [0.15, 0.2) is 0 Å². The van der Waals surface area contributed by atoms with Crippen LogP contribution in [0.3, 0.4) is 0 Å². The zero-order valence-electron chi connectivity index (χ0n) is 17.4. The standard InChI is InChI=1S/C24H23F2N3O2/c1-15(27-24(31)18-8-13-22(29(2)3)21(26)14-18)16-6-11-20(12-7-16)28-23(30)17-4-9-19(25)10-5-17/h4-15H,1-3H3,(H,27,31)(H,28,30). The van der Waals surface area contributed by atoms with Gasteiger partial charge in [0.2, 0.25) is 0 Å². The summed E-state index contributed by atoms with van der Waals surface area (Å²) in [5.74, 6) is -1.61. The van der Waals surface area contributed by atoms with E-state index in [0.29, 0.717) is 16.9 Å². The smallest absolute Gasteiger partial charge is 0.255 e. The third-order valence-corrected chi connectivity index (χ3v) is 4.81. The van der Waals surface area contributed by atoms with Crippen LogP contribution in [0.15, 0.2) is 66.7 Å². The van der Waals surface area contributed by atoms with Crippen LogP contribution in [-0.2, 0) is 0 Å². The number of hydrogen-bond donors (Lipinski definition) is 2. The van der Waals surface area contributed by atoms with Crippen LogP contribution in [0.1, 0.15) is 39.2 Å². The molecule has 0 spiro atoms. The summed E-state index contributed by atoms with van der Waals surface area (Å²) in [4.78, 5) is 26.3. The van der Waals surface area contributed by atoms with Crippen LogP contribution in [0, 0.1) is 11.6 Å². The highest BCUT2D eigenvalue weighted by molar-refractivity contribution is 6.04. The van der Waals surface area contributed by atoms with Gasteiger partial charge < -0.3 is 15.5 Å². The molecule has 3 aromatic rings. The number of rotatable bonds is 6. The van der Waals surface area contributed by atoms with Gasteiger partial charge in [-0.15, -0.1) is 0 Å². The van der Waals surface area contributed by atoms with Crippen molar-refractivity contribution in [3.63, 3.8) is 0 Å². The molecule has 160 valence electrons. The molecule has 0 heterocycles. The number of nitrogens with zero attached hydrogens (tertiary/aromatic N) is 1. The first kappa shape index (κ1) is 22.0. The van der Waals surface area contributed by atoms with Crippen molar-refractivity contribution >= 4 is 23.2 Å². The molecule has 31 heavy (non-hydrogen) atoms. The molecule has 3 rings (SSSR count). The normalized spacial score (nSPS) is 11.5. The Morgan fingerprint density at radius 1 is 0.839 bits per heavy atom. The predicted molar refractivity (Wildman–Crippen MR) is 117 cm³/mol. The number of nitrogens with one attached hydrogen (secondary N) is 2. The number of halogens is 2. The third kappa shape index (κ3) is 5.45. The van der Waals surface area contributed by atoms with Crippen LogP contribution in [0.4, 0.5) is 20.2 Å². The molecule has 2 amide bonds. The lowest BCUT2D eigenvalue weighted by atomic mass is 10.1. The highest BCUT2D eigenvalue weighted by Crippen LogP contribution is 2.20. The van der Waals surface area contributed by atoms with E-state index in [1.165, 1.54) is 30.3 Å². The summed E-state index contributed by atoms with van der Waals surface area (Å²) >= 11 is 0. The molecule has 0 aliphatic rings. The minimum atomic E-state index is -0.466. The van der Waals surface area contributed by atoms with E-state index in [2.05, 4.69) is 10.6 Å². The average Bonchev–Trinajstić information content (AvgIpc) is 2.74. The van der Waals surface area contributed by atoms with E-state index in [0.717, 1.165) is 5.56 Å². The van der Waals surface area contributed by atoms with Crippen molar-refractivity contribution in [1.29, 1.82) is 0 Å². The molecule has 0 aliphatic carbocycles. The van der Waals surface area contributed by atoms with E-state index in [9.17, 15) is 18.4 Å². The maximum Gasteiger partial charge on any atom is 0.255 e. The Kier molecular flexibility index (Phi) is 6.65. The van der Waals surface area contributed by atoms with E-state index in [1.807, 2.05) is 6.92 Å². The summed E-state index contributed by atoms with van der Waals surface area (Å²) < 4.78 is 27.1. The van der Waals surface area contributed by atoms with E-state index < -0.39 is 11.6 Å². The SMILES string of the molecule is CC(NC(=O)c1ccc(N(C)C)c(F)c1)c1ccc(NC(=O)c2ccc(F)cc2)cc1. The Balaban J connectivity index is 1.62. The van der Waals surface area contributed by atoms with Gasteiger partial charge in [-0.3, -0.25) is 9.59 Å². The molecule has 3 aromatic carbocycles. The number of carbonyl (C=O) groups is 2. The van der Waals surface area contributed by atoms with Gasteiger partial charge in [0.05, 0.1) is 11.7 Å². The second kappa shape index (κ2) is 9.38. The predicted octanol–water partition coefficient (Wildman–Crippen LogP) is 4.77. The second-order valence-electron chi connectivity index (χ2n) is 7.34. The molecule has 7 heteroatoms. The molecule has 0 aromatic heterocycles. The fourth-order valence-electron chi connectivity index (χ4n) is 3.03. The van der Waals surface area contributed by atoms with Crippen LogP contribution in [0.2, 0.25) is 0 Å². The molecule has 0 saturated carbocycles. The van der Waals surface area contributed by atoms with Crippen molar-refractivity contribution in [2.45, 2.75) is 13.0 Å². The monoisotopic (exact) mass is 423 g/mol. The van der Waals surface area contributed by atoms with Crippen LogP contribution >= 0.6 is 0 Å². The van der Waals surface area contributed by atoms with Crippen molar-refractivity contribution in [1.82, 2.24) is 5.32 Å². The topological polar surface area (TPSA) is 61.4 Å². The van der Waals surface area contributed by atoms with E-state index >= 15 is 0 Å². The van der Waals surface area contributed by atoms with Crippen LogP contribution in [0.5, 0.6) is 0 Å². The summed E-state index contributed by atoms with van der Waals surface area (Å²) in [7, 11) is 3.46. The first-order valence-corrected chi connectivity index (χ1v) is 9.69. The Hall–Kier alpha value is -3.74. The van der Waals surface area contributed by atoms with Gasteiger partial charge in [-0.25, -0.2) is 8.78 Å². The van der Waals surface area contributed by atoms with Gasteiger partial charge in [0.25, 0.3) is 11.8 Å². The zero-order chi connectivity index (χ0) is 22.5. The summed E-state index contributed by atoms with van der Waals surface area (Å²) in [6, 6.07) is 16.3. The molecular formula is C24H23F2N3O2. The Morgan fingerprint density at radius 2 is 1.45 bits per heavy atom. The molecule has 0 fully saturated rings. The van der Waals surface area contributed by atoms with Crippen molar-refractivity contribution < 1.29 is 18.4 Å². The number of benzene rings is 3. The maximum absolute atomic E-state index is 14.1.